The van der Waals surface area contributed by atoms with Gasteiger partial charge in [-0.25, -0.2) is 4.98 Å². The molecule has 0 radical (unpaired) electrons. The van der Waals surface area contributed by atoms with E-state index in [1.54, 1.807) is 11.3 Å². The molecule has 3 aromatic heterocycles. The summed E-state index contributed by atoms with van der Waals surface area (Å²) in [7, 11) is 0. The SMILES string of the molecule is CCc1ccc(-c2nc3c(C)cccn3c2N)s1. The maximum atomic E-state index is 6.20. The Kier molecular flexibility index (Phi) is 2.59. The Morgan fingerprint density at radius 2 is 2.17 bits per heavy atom. The number of nitrogens with two attached hydrogens (primary N) is 1. The lowest BCUT2D eigenvalue weighted by Crippen LogP contribution is -1.93. The molecule has 3 rings (SSSR count). The molecule has 2 N–H and O–H groups in total. The number of pyridine rings is 1. The highest BCUT2D eigenvalue weighted by atomic mass is 32.1. The number of nitrogen functional groups attached to an aromatic ring is 1. The Morgan fingerprint density at radius 3 is 2.83 bits per heavy atom. The fraction of sp³-hybridized carbons (Fsp3) is 0.214. The molecule has 92 valence electrons. The summed E-state index contributed by atoms with van der Waals surface area (Å²) in [6.07, 6.45) is 3.01. The van der Waals surface area contributed by atoms with Gasteiger partial charge < -0.3 is 5.73 Å². The lowest BCUT2D eigenvalue weighted by Gasteiger charge is -1.97. The van der Waals surface area contributed by atoms with Crippen molar-refractivity contribution in [3.8, 4) is 10.6 Å². The van der Waals surface area contributed by atoms with E-state index < -0.39 is 0 Å². The Labute approximate surface area is 110 Å². The highest BCUT2D eigenvalue weighted by Gasteiger charge is 2.13. The summed E-state index contributed by atoms with van der Waals surface area (Å²) in [6.45, 7) is 4.21. The average Bonchev–Trinajstić information content (AvgIpc) is 2.96. The minimum absolute atomic E-state index is 0.721. The first-order valence-electron chi connectivity index (χ1n) is 6.03. The third-order valence-electron chi connectivity index (χ3n) is 3.13. The molecule has 0 aromatic carbocycles. The molecule has 0 amide bonds. The lowest BCUT2D eigenvalue weighted by molar-refractivity contribution is 1.17. The molecular weight excluding hydrogens is 242 g/mol. The van der Waals surface area contributed by atoms with Gasteiger partial charge in [0.25, 0.3) is 0 Å². The first kappa shape index (κ1) is 11.3. The van der Waals surface area contributed by atoms with Crippen molar-refractivity contribution >= 4 is 22.8 Å². The molecule has 0 aliphatic heterocycles. The van der Waals surface area contributed by atoms with Crippen molar-refractivity contribution < 1.29 is 0 Å². The van der Waals surface area contributed by atoms with Crippen LogP contribution in [-0.4, -0.2) is 9.38 Å². The number of hydrogen-bond acceptors (Lipinski definition) is 3. The number of thiophene rings is 1. The van der Waals surface area contributed by atoms with E-state index in [-0.39, 0.29) is 0 Å². The largest absolute Gasteiger partial charge is 0.383 e. The van der Waals surface area contributed by atoms with E-state index in [0.29, 0.717) is 0 Å². The summed E-state index contributed by atoms with van der Waals surface area (Å²) in [5.74, 6) is 0.721. The topological polar surface area (TPSA) is 43.3 Å². The van der Waals surface area contributed by atoms with E-state index in [1.807, 2.05) is 16.7 Å². The molecule has 4 heteroatoms. The second kappa shape index (κ2) is 4.14. The van der Waals surface area contributed by atoms with E-state index in [9.17, 15) is 0 Å². The van der Waals surface area contributed by atoms with Crippen molar-refractivity contribution in [2.75, 3.05) is 5.73 Å². The molecule has 3 aromatic rings. The van der Waals surface area contributed by atoms with E-state index in [1.165, 1.54) is 4.88 Å². The minimum atomic E-state index is 0.721. The van der Waals surface area contributed by atoms with Crippen LogP contribution in [0.4, 0.5) is 5.82 Å². The standard InChI is InChI=1S/C14H15N3S/c1-3-10-6-7-11(18-10)12-13(15)17-8-4-5-9(2)14(17)16-12/h4-8H,3,15H2,1-2H3. The summed E-state index contributed by atoms with van der Waals surface area (Å²) >= 11 is 1.77. The van der Waals surface area contributed by atoms with Crippen molar-refractivity contribution in [2.24, 2.45) is 0 Å². The van der Waals surface area contributed by atoms with Crippen molar-refractivity contribution in [1.82, 2.24) is 9.38 Å². The highest BCUT2D eigenvalue weighted by Crippen LogP contribution is 2.32. The molecule has 0 saturated heterocycles. The van der Waals surface area contributed by atoms with E-state index in [0.717, 1.165) is 34.0 Å². The highest BCUT2D eigenvalue weighted by molar-refractivity contribution is 7.15. The molecule has 0 spiro atoms. The van der Waals surface area contributed by atoms with Crippen LogP contribution >= 0.6 is 11.3 Å². The van der Waals surface area contributed by atoms with Gasteiger partial charge in [0, 0.05) is 11.1 Å². The van der Waals surface area contributed by atoms with Gasteiger partial charge in [0.05, 0.1) is 4.88 Å². The molecule has 3 heterocycles. The van der Waals surface area contributed by atoms with E-state index >= 15 is 0 Å². The van der Waals surface area contributed by atoms with Crippen molar-refractivity contribution in [1.29, 1.82) is 0 Å². The predicted molar refractivity (Wildman–Crippen MR) is 77.0 cm³/mol. The summed E-state index contributed by atoms with van der Waals surface area (Å²) in [4.78, 5) is 7.18. The van der Waals surface area contributed by atoms with Gasteiger partial charge in [-0.05, 0) is 37.1 Å². The van der Waals surface area contributed by atoms with E-state index in [4.69, 9.17) is 5.73 Å². The molecule has 0 aliphatic rings. The Balaban J connectivity index is 2.23. The molecule has 0 fully saturated rings. The fourth-order valence-corrected chi connectivity index (χ4v) is 3.04. The number of imidazole rings is 1. The van der Waals surface area contributed by atoms with Gasteiger partial charge in [-0.2, -0.15) is 0 Å². The van der Waals surface area contributed by atoms with Gasteiger partial charge >= 0.3 is 0 Å². The zero-order valence-electron chi connectivity index (χ0n) is 10.5. The van der Waals surface area contributed by atoms with Crippen LogP contribution in [0.3, 0.4) is 0 Å². The van der Waals surface area contributed by atoms with Crippen molar-refractivity contribution in [3.05, 3.63) is 40.9 Å². The number of nitrogens with zero attached hydrogens (tertiary/aromatic N) is 2. The Morgan fingerprint density at radius 1 is 1.33 bits per heavy atom. The number of fused-ring (bicyclic) bond motifs is 1. The molecule has 0 aliphatic carbocycles. The minimum Gasteiger partial charge on any atom is -0.383 e. The van der Waals surface area contributed by atoms with Gasteiger partial charge in [0.2, 0.25) is 0 Å². The zero-order chi connectivity index (χ0) is 12.7. The molecule has 18 heavy (non-hydrogen) atoms. The normalized spacial score (nSPS) is 11.2. The van der Waals surface area contributed by atoms with Crippen LogP contribution < -0.4 is 5.73 Å². The monoisotopic (exact) mass is 257 g/mol. The van der Waals surface area contributed by atoms with Crippen LogP contribution in [0.5, 0.6) is 0 Å². The first-order chi connectivity index (χ1) is 8.70. The van der Waals surface area contributed by atoms with Crippen LogP contribution in [0.1, 0.15) is 17.4 Å². The molecule has 3 nitrogen and oxygen atoms in total. The number of anilines is 1. The summed E-state index contributed by atoms with van der Waals surface area (Å²) in [5, 5.41) is 0. The maximum Gasteiger partial charge on any atom is 0.142 e. The van der Waals surface area contributed by atoms with E-state index in [2.05, 4.69) is 37.0 Å². The molecular formula is C14H15N3S. The third-order valence-corrected chi connectivity index (χ3v) is 4.36. The van der Waals surface area contributed by atoms with Gasteiger partial charge in [-0.15, -0.1) is 11.3 Å². The van der Waals surface area contributed by atoms with Crippen LogP contribution in [-0.2, 0) is 6.42 Å². The molecule has 0 atom stereocenters. The predicted octanol–water partition coefficient (Wildman–Crippen LogP) is 3.52. The van der Waals surface area contributed by atoms with Crippen LogP contribution in [0.15, 0.2) is 30.5 Å². The number of aryl methyl sites for hydroxylation is 2. The molecule has 0 bridgehead atoms. The second-order valence-electron chi connectivity index (χ2n) is 4.35. The van der Waals surface area contributed by atoms with Gasteiger partial charge in [-0.3, -0.25) is 4.40 Å². The lowest BCUT2D eigenvalue weighted by atomic mass is 10.3. The van der Waals surface area contributed by atoms with Gasteiger partial charge in [0.1, 0.15) is 17.2 Å². The summed E-state index contributed by atoms with van der Waals surface area (Å²) in [6, 6.07) is 8.31. The quantitative estimate of drug-likeness (QED) is 0.763. The van der Waals surface area contributed by atoms with Crippen molar-refractivity contribution in [2.45, 2.75) is 20.3 Å². The second-order valence-corrected chi connectivity index (χ2v) is 5.52. The number of rotatable bonds is 2. The number of hydrogen-bond donors (Lipinski definition) is 1. The first-order valence-corrected chi connectivity index (χ1v) is 6.84. The number of aromatic nitrogens is 2. The Bertz CT molecular complexity index is 709. The molecule has 0 unspecified atom stereocenters. The summed E-state index contributed by atoms with van der Waals surface area (Å²) in [5.41, 5.74) is 9.18. The average molecular weight is 257 g/mol. The van der Waals surface area contributed by atoms with Crippen LogP contribution in [0, 0.1) is 6.92 Å². The molecule has 0 saturated carbocycles. The maximum absolute atomic E-state index is 6.20. The zero-order valence-corrected chi connectivity index (χ0v) is 11.3. The third kappa shape index (κ3) is 1.61. The smallest absolute Gasteiger partial charge is 0.142 e. The fourth-order valence-electron chi connectivity index (χ4n) is 2.10. The Hall–Kier alpha value is -1.81. The van der Waals surface area contributed by atoms with Crippen molar-refractivity contribution in [3.63, 3.8) is 0 Å². The van der Waals surface area contributed by atoms with Crippen LogP contribution in [0.2, 0.25) is 0 Å². The van der Waals surface area contributed by atoms with Gasteiger partial charge in [0.15, 0.2) is 0 Å². The van der Waals surface area contributed by atoms with Crippen LogP contribution in [0.25, 0.3) is 16.2 Å². The summed E-state index contributed by atoms with van der Waals surface area (Å²) < 4.78 is 1.95. The van der Waals surface area contributed by atoms with Gasteiger partial charge in [-0.1, -0.05) is 13.0 Å².